The fourth-order valence-electron chi connectivity index (χ4n) is 2.88. The van der Waals surface area contributed by atoms with Crippen LogP contribution in [-0.2, 0) is 14.8 Å². The molecule has 1 aliphatic rings. The number of carbonyl (C=O) groups is 1. The summed E-state index contributed by atoms with van der Waals surface area (Å²) in [5.74, 6) is -0.531. The highest BCUT2D eigenvalue weighted by Gasteiger charge is 2.29. The summed E-state index contributed by atoms with van der Waals surface area (Å²) >= 11 is 5.77. The number of rotatable bonds is 6. The van der Waals surface area contributed by atoms with Crippen LogP contribution in [0.3, 0.4) is 0 Å². The quantitative estimate of drug-likeness (QED) is 0.523. The Morgan fingerprint density at radius 3 is 2.57 bits per heavy atom. The van der Waals surface area contributed by atoms with E-state index in [0.717, 1.165) is 6.07 Å². The third kappa shape index (κ3) is 4.54. The van der Waals surface area contributed by atoms with Gasteiger partial charge in [0.1, 0.15) is 15.7 Å². The monoisotopic (exact) mass is 455 g/mol. The van der Waals surface area contributed by atoms with Crippen LogP contribution in [0.25, 0.3) is 0 Å². The predicted octanol–water partition coefficient (Wildman–Crippen LogP) is 2.53. The van der Waals surface area contributed by atoms with Gasteiger partial charge in [-0.2, -0.15) is 4.31 Å². The molecule has 3 rings (SSSR count). The molecule has 1 saturated heterocycles. The van der Waals surface area contributed by atoms with Crippen LogP contribution >= 0.6 is 11.6 Å². The average Bonchev–Trinajstić information content (AvgIpc) is 2.74. The minimum atomic E-state index is -3.88. The standard InChI is InChI=1S/C18H18ClN3O7S/c1-28-16-5-3-13(11-17(16)30(26,27)21-6-8-29-9-7-21)20-18(23)12-2-4-14(19)15(10-12)22(24)25/h2-5,10-11H,6-9H2,1H3,(H,20,23). The Morgan fingerprint density at radius 1 is 1.23 bits per heavy atom. The number of amides is 1. The molecule has 0 aliphatic carbocycles. The number of morpholine rings is 1. The van der Waals surface area contributed by atoms with Gasteiger partial charge in [-0.15, -0.1) is 0 Å². The van der Waals surface area contributed by atoms with Gasteiger partial charge in [0.15, 0.2) is 0 Å². The lowest BCUT2D eigenvalue weighted by molar-refractivity contribution is -0.384. The van der Waals surface area contributed by atoms with Crippen molar-refractivity contribution < 1.29 is 27.6 Å². The highest BCUT2D eigenvalue weighted by Crippen LogP contribution is 2.31. The van der Waals surface area contributed by atoms with Crippen LogP contribution in [0.4, 0.5) is 11.4 Å². The first-order valence-corrected chi connectivity index (χ1v) is 10.6. The van der Waals surface area contributed by atoms with E-state index in [1.54, 1.807) is 0 Å². The smallest absolute Gasteiger partial charge is 0.288 e. The number of halogens is 1. The summed E-state index contributed by atoms with van der Waals surface area (Å²) < 4.78 is 37.7. The molecule has 0 bridgehead atoms. The Bertz CT molecular complexity index is 1090. The molecule has 1 heterocycles. The first-order valence-electron chi connectivity index (χ1n) is 8.75. The molecule has 0 aromatic heterocycles. The van der Waals surface area contributed by atoms with Gasteiger partial charge < -0.3 is 14.8 Å². The van der Waals surface area contributed by atoms with E-state index in [-0.39, 0.29) is 53.2 Å². The number of benzene rings is 2. The summed E-state index contributed by atoms with van der Waals surface area (Å²) in [6, 6.07) is 7.81. The fraction of sp³-hybridized carbons (Fsp3) is 0.278. The minimum Gasteiger partial charge on any atom is -0.495 e. The Kier molecular flexibility index (Phi) is 6.56. The number of carbonyl (C=O) groups excluding carboxylic acids is 1. The van der Waals surface area contributed by atoms with Crippen LogP contribution in [0.1, 0.15) is 10.4 Å². The zero-order chi connectivity index (χ0) is 21.9. The Labute approximate surface area is 177 Å². The number of methoxy groups -OCH3 is 1. The number of sulfonamides is 1. The van der Waals surface area contributed by atoms with Gasteiger partial charge in [-0.3, -0.25) is 14.9 Å². The molecule has 2 aromatic rings. The Balaban J connectivity index is 1.91. The van der Waals surface area contributed by atoms with Crippen LogP contribution in [0.2, 0.25) is 5.02 Å². The number of anilines is 1. The molecule has 0 spiro atoms. The van der Waals surface area contributed by atoms with Gasteiger partial charge in [0, 0.05) is 30.4 Å². The molecule has 0 radical (unpaired) electrons. The lowest BCUT2D eigenvalue weighted by Crippen LogP contribution is -2.40. The third-order valence-electron chi connectivity index (χ3n) is 4.41. The maximum absolute atomic E-state index is 13.0. The van der Waals surface area contributed by atoms with Crippen LogP contribution in [-0.4, -0.2) is 57.0 Å². The van der Waals surface area contributed by atoms with Crippen molar-refractivity contribution in [1.29, 1.82) is 0 Å². The molecule has 160 valence electrons. The Hall–Kier alpha value is -2.73. The molecule has 0 saturated carbocycles. The van der Waals surface area contributed by atoms with Gasteiger partial charge >= 0.3 is 0 Å². The van der Waals surface area contributed by atoms with Crippen molar-refractivity contribution in [2.45, 2.75) is 4.90 Å². The SMILES string of the molecule is COc1ccc(NC(=O)c2ccc(Cl)c([N+](=O)[O-])c2)cc1S(=O)(=O)N1CCOCC1. The van der Waals surface area contributed by atoms with Crippen LogP contribution in [0.5, 0.6) is 5.75 Å². The molecule has 30 heavy (non-hydrogen) atoms. The molecule has 1 fully saturated rings. The van der Waals surface area contributed by atoms with Crippen molar-refractivity contribution in [2.24, 2.45) is 0 Å². The minimum absolute atomic E-state index is 0.000459. The van der Waals surface area contributed by atoms with Crippen LogP contribution in [0, 0.1) is 10.1 Å². The molecule has 1 aliphatic heterocycles. The maximum atomic E-state index is 13.0. The summed E-state index contributed by atoms with van der Waals surface area (Å²) in [5, 5.41) is 13.5. The molecule has 10 nitrogen and oxygen atoms in total. The first-order chi connectivity index (χ1) is 14.2. The summed E-state index contributed by atoms with van der Waals surface area (Å²) in [6.07, 6.45) is 0. The van der Waals surface area contributed by atoms with Crippen molar-refractivity contribution in [3.8, 4) is 5.75 Å². The van der Waals surface area contributed by atoms with E-state index in [1.807, 2.05) is 0 Å². The van der Waals surface area contributed by atoms with Gasteiger partial charge in [0.2, 0.25) is 10.0 Å². The lowest BCUT2D eigenvalue weighted by atomic mass is 10.2. The molecule has 0 unspecified atom stereocenters. The molecular weight excluding hydrogens is 438 g/mol. The largest absolute Gasteiger partial charge is 0.495 e. The number of nitrogens with one attached hydrogen (secondary N) is 1. The summed E-state index contributed by atoms with van der Waals surface area (Å²) in [5.41, 5.74) is -0.223. The number of hydrogen-bond donors (Lipinski definition) is 1. The number of nitrogens with zero attached hydrogens (tertiary/aromatic N) is 2. The summed E-state index contributed by atoms with van der Waals surface area (Å²) in [4.78, 5) is 22.8. The molecule has 2 aromatic carbocycles. The van der Waals surface area contributed by atoms with E-state index >= 15 is 0 Å². The molecule has 0 atom stereocenters. The first kappa shape index (κ1) is 22.0. The summed E-state index contributed by atoms with van der Waals surface area (Å²) in [6.45, 7) is 0.980. The molecule has 1 amide bonds. The van der Waals surface area contributed by atoms with E-state index in [9.17, 15) is 23.3 Å². The van der Waals surface area contributed by atoms with Crippen molar-refractivity contribution >= 4 is 38.9 Å². The zero-order valence-corrected chi connectivity index (χ0v) is 17.4. The van der Waals surface area contributed by atoms with Gasteiger partial charge in [0.05, 0.1) is 25.2 Å². The number of ether oxygens (including phenoxy) is 2. The second-order valence-corrected chi connectivity index (χ2v) is 8.57. The average molecular weight is 456 g/mol. The normalized spacial score (nSPS) is 14.9. The molecule has 12 heteroatoms. The van der Waals surface area contributed by atoms with E-state index < -0.39 is 26.5 Å². The van der Waals surface area contributed by atoms with Crippen molar-refractivity contribution in [2.75, 3.05) is 38.7 Å². The highest BCUT2D eigenvalue weighted by molar-refractivity contribution is 7.89. The number of nitro groups is 1. The van der Waals surface area contributed by atoms with Crippen molar-refractivity contribution in [3.63, 3.8) is 0 Å². The van der Waals surface area contributed by atoms with E-state index in [1.165, 1.54) is 41.7 Å². The second kappa shape index (κ2) is 8.96. The van der Waals surface area contributed by atoms with Crippen molar-refractivity contribution in [1.82, 2.24) is 4.31 Å². The van der Waals surface area contributed by atoms with Crippen LogP contribution in [0.15, 0.2) is 41.3 Å². The second-order valence-electron chi connectivity index (χ2n) is 6.26. The molecule has 1 N–H and O–H groups in total. The highest BCUT2D eigenvalue weighted by atomic mass is 35.5. The predicted molar refractivity (Wildman–Crippen MR) is 109 cm³/mol. The Morgan fingerprint density at radius 2 is 1.93 bits per heavy atom. The maximum Gasteiger partial charge on any atom is 0.288 e. The van der Waals surface area contributed by atoms with Gasteiger partial charge in [-0.1, -0.05) is 11.6 Å². The van der Waals surface area contributed by atoms with E-state index in [4.69, 9.17) is 21.1 Å². The number of nitro benzene ring substituents is 1. The molecular formula is C18H18ClN3O7S. The van der Waals surface area contributed by atoms with Crippen LogP contribution < -0.4 is 10.1 Å². The van der Waals surface area contributed by atoms with Gasteiger partial charge in [-0.25, -0.2) is 8.42 Å². The lowest BCUT2D eigenvalue weighted by Gasteiger charge is -2.26. The van der Waals surface area contributed by atoms with E-state index in [0.29, 0.717) is 0 Å². The summed E-state index contributed by atoms with van der Waals surface area (Å²) in [7, 11) is -2.54. The van der Waals surface area contributed by atoms with Gasteiger partial charge in [-0.05, 0) is 30.3 Å². The number of hydrogen-bond acceptors (Lipinski definition) is 7. The fourth-order valence-corrected chi connectivity index (χ4v) is 4.66. The van der Waals surface area contributed by atoms with Gasteiger partial charge in [0.25, 0.3) is 11.6 Å². The third-order valence-corrected chi connectivity index (χ3v) is 6.65. The topological polar surface area (TPSA) is 128 Å². The zero-order valence-electron chi connectivity index (χ0n) is 15.8. The van der Waals surface area contributed by atoms with E-state index in [2.05, 4.69) is 5.32 Å². The van der Waals surface area contributed by atoms with Crippen molar-refractivity contribution in [3.05, 3.63) is 57.1 Å².